The van der Waals surface area contributed by atoms with Crippen LogP contribution in [0.3, 0.4) is 0 Å². The molecule has 76 valence electrons. The van der Waals surface area contributed by atoms with Gasteiger partial charge in [0, 0.05) is 16.8 Å². The molecule has 0 unspecified atom stereocenters. The Morgan fingerprint density at radius 2 is 1.93 bits per heavy atom. The molecule has 1 aromatic heterocycles. The third-order valence-electron chi connectivity index (χ3n) is 2.30. The average molecular weight is 200 g/mol. The van der Waals surface area contributed by atoms with Crippen molar-refractivity contribution in [2.45, 2.75) is 6.92 Å². The van der Waals surface area contributed by atoms with Gasteiger partial charge in [-0.05, 0) is 19.1 Å². The fourth-order valence-corrected chi connectivity index (χ4v) is 1.52. The zero-order valence-corrected chi connectivity index (χ0v) is 8.44. The number of aromatic nitrogens is 1. The molecule has 0 radical (unpaired) electrons. The third-order valence-corrected chi connectivity index (χ3v) is 2.30. The second-order valence-electron chi connectivity index (χ2n) is 3.42. The van der Waals surface area contributed by atoms with Crippen molar-refractivity contribution in [1.82, 2.24) is 4.98 Å². The van der Waals surface area contributed by atoms with Crippen molar-refractivity contribution >= 4 is 5.69 Å². The molecule has 1 aromatic carbocycles. The monoisotopic (exact) mass is 200 g/mol. The zero-order valence-electron chi connectivity index (χ0n) is 8.44. The maximum atomic E-state index is 9.71. The van der Waals surface area contributed by atoms with Gasteiger partial charge in [0.2, 0.25) is 0 Å². The van der Waals surface area contributed by atoms with Gasteiger partial charge in [-0.25, -0.2) is 0 Å². The van der Waals surface area contributed by atoms with Crippen LogP contribution < -0.4 is 5.73 Å². The van der Waals surface area contributed by atoms with Crippen molar-refractivity contribution in [2.24, 2.45) is 0 Å². The molecule has 0 amide bonds. The van der Waals surface area contributed by atoms with Crippen LogP contribution in [-0.2, 0) is 0 Å². The molecule has 2 rings (SSSR count). The van der Waals surface area contributed by atoms with Crippen LogP contribution in [0.2, 0.25) is 0 Å². The number of pyridine rings is 1. The van der Waals surface area contributed by atoms with Crippen LogP contribution in [0.25, 0.3) is 11.1 Å². The summed E-state index contributed by atoms with van der Waals surface area (Å²) < 4.78 is 0. The molecule has 0 saturated heterocycles. The summed E-state index contributed by atoms with van der Waals surface area (Å²) in [5.74, 6) is 0.244. The third kappa shape index (κ3) is 1.76. The van der Waals surface area contributed by atoms with Crippen LogP contribution in [0.1, 0.15) is 5.69 Å². The molecule has 0 bridgehead atoms. The van der Waals surface area contributed by atoms with Gasteiger partial charge in [-0.3, -0.25) is 4.98 Å². The van der Waals surface area contributed by atoms with Crippen LogP contribution in [0, 0.1) is 6.92 Å². The number of rotatable bonds is 1. The Labute approximate surface area is 88.2 Å². The number of anilines is 1. The van der Waals surface area contributed by atoms with Crippen LogP contribution in [0.4, 0.5) is 5.69 Å². The molecule has 2 aromatic rings. The lowest BCUT2D eigenvalue weighted by Gasteiger charge is -2.07. The topological polar surface area (TPSA) is 59.1 Å². The minimum absolute atomic E-state index is 0.244. The number of para-hydroxylation sites is 1. The van der Waals surface area contributed by atoms with Crippen molar-refractivity contribution in [3.05, 3.63) is 42.2 Å². The molecule has 1 heterocycles. The highest BCUT2D eigenvalue weighted by atomic mass is 16.3. The minimum Gasteiger partial charge on any atom is -0.507 e. The summed E-state index contributed by atoms with van der Waals surface area (Å²) in [4.78, 5) is 4.16. The van der Waals surface area contributed by atoms with E-state index in [4.69, 9.17) is 5.73 Å². The number of aryl methyl sites for hydroxylation is 1. The molecule has 0 saturated carbocycles. The molecule has 0 aliphatic carbocycles. The van der Waals surface area contributed by atoms with Gasteiger partial charge in [0.05, 0.1) is 11.9 Å². The predicted molar refractivity (Wildman–Crippen MR) is 60.5 cm³/mol. The van der Waals surface area contributed by atoms with Crippen LogP contribution in [-0.4, -0.2) is 10.1 Å². The first kappa shape index (κ1) is 9.52. The lowest BCUT2D eigenvalue weighted by atomic mass is 10.0. The predicted octanol–water partition coefficient (Wildman–Crippen LogP) is 2.34. The van der Waals surface area contributed by atoms with Gasteiger partial charge in [-0.2, -0.15) is 0 Å². The Balaban J connectivity index is 2.64. The maximum absolute atomic E-state index is 9.71. The molecule has 0 fully saturated rings. The van der Waals surface area contributed by atoms with Gasteiger partial charge in [0.25, 0.3) is 0 Å². The highest BCUT2D eigenvalue weighted by Gasteiger charge is 2.07. The Kier molecular flexibility index (Phi) is 2.29. The molecule has 3 nitrogen and oxygen atoms in total. The van der Waals surface area contributed by atoms with E-state index in [0.29, 0.717) is 5.69 Å². The Morgan fingerprint density at radius 1 is 1.20 bits per heavy atom. The number of nitrogens with zero attached hydrogens (tertiary/aromatic N) is 1. The Bertz CT molecular complexity index is 495. The van der Waals surface area contributed by atoms with Crippen molar-refractivity contribution in [1.29, 1.82) is 0 Å². The van der Waals surface area contributed by atoms with Crippen molar-refractivity contribution in [2.75, 3.05) is 5.73 Å². The molecular formula is C12H12N2O. The summed E-state index contributed by atoms with van der Waals surface area (Å²) in [6, 6.07) is 8.97. The van der Waals surface area contributed by atoms with E-state index in [1.807, 2.05) is 25.1 Å². The van der Waals surface area contributed by atoms with E-state index < -0.39 is 0 Å². The highest BCUT2D eigenvalue weighted by Crippen LogP contribution is 2.31. The lowest BCUT2D eigenvalue weighted by molar-refractivity contribution is 0.477. The summed E-state index contributed by atoms with van der Waals surface area (Å²) in [5, 5.41) is 9.71. The second kappa shape index (κ2) is 3.61. The molecule has 0 aliphatic heterocycles. The number of hydrogen-bond acceptors (Lipinski definition) is 3. The van der Waals surface area contributed by atoms with E-state index in [-0.39, 0.29) is 5.75 Å². The van der Waals surface area contributed by atoms with Crippen LogP contribution >= 0.6 is 0 Å². The quantitative estimate of drug-likeness (QED) is 0.742. The van der Waals surface area contributed by atoms with Crippen molar-refractivity contribution < 1.29 is 5.11 Å². The fraction of sp³-hybridized carbons (Fsp3) is 0.0833. The van der Waals surface area contributed by atoms with Crippen LogP contribution in [0.15, 0.2) is 36.5 Å². The van der Waals surface area contributed by atoms with Crippen molar-refractivity contribution in [3.63, 3.8) is 0 Å². The van der Waals surface area contributed by atoms with Gasteiger partial charge in [0.15, 0.2) is 0 Å². The number of phenolic OH excluding ortho intramolecular Hbond substituents is 1. The summed E-state index contributed by atoms with van der Waals surface area (Å²) in [6.45, 7) is 1.89. The maximum Gasteiger partial charge on any atom is 0.123 e. The first-order valence-corrected chi connectivity index (χ1v) is 4.69. The molecule has 15 heavy (non-hydrogen) atoms. The number of hydrogen-bond donors (Lipinski definition) is 2. The fourth-order valence-electron chi connectivity index (χ4n) is 1.52. The number of aromatic hydroxyl groups is 1. The van der Waals surface area contributed by atoms with Gasteiger partial charge >= 0.3 is 0 Å². The lowest BCUT2D eigenvalue weighted by Crippen LogP contribution is -1.92. The summed E-state index contributed by atoms with van der Waals surface area (Å²) in [6.07, 6.45) is 1.61. The smallest absolute Gasteiger partial charge is 0.123 e. The average Bonchev–Trinajstić information content (AvgIpc) is 2.23. The van der Waals surface area contributed by atoms with E-state index in [1.165, 1.54) is 0 Å². The van der Waals surface area contributed by atoms with Crippen LogP contribution in [0.5, 0.6) is 5.75 Å². The number of nitrogen functional groups attached to an aromatic ring is 1. The Morgan fingerprint density at radius 3 is 2.67 bits per heavy atom. The molecular weight excluding hydrogens is 188 g/mol. The molecule has 0 atom stereocenters. The standard InChI is InChI=1S/C12H12N2O/c1-8-11(6-9(13)7-14-8)10-4-2-3-5-12(10)15/h2-7,15H,13H2,1H3. The van der Waals surface area contributed by atoms with Gasteiger partial charge in [-0.1, -0.05) is 18.2 Å². The van der Waals surface area contributed by atoms with Gasteiger partial charge in [-0.15, -0.1) is 0 Å². The number of benzene rings is 1. The zero-order chi connectivity index (χ0) is 10.8. The number of nitrogens with two attached hydrogens (primary N) is 1. The van der Waals surface area contributed by atoms with Gasteiger partial charge < -0.3 is 10.8 Å². The summed E-state index contributed by atoms with van der Waals surface area (Å²) in [5.41, 5.74) is 8.75. The largest absolute Gasteiger partial charge is 0.507 e. The molecule has 0 aliphatic rings. The van der Waals surface area contributed by atoms with E-state index in [0.717, 1.165) is 16.8 Å². The summed E-state index contributed by atoms with van der Waals surface area (Å²) in [7, 11) is 0. The first-order chi connectivity index (χ1) is 7.18. The van der Waals surface area contributed by atoms with Gasteiger partial charge in [0.1, 0.15) is 5.75 Å². The van der Waals surface area contributed by atoms with Crippen molar-refractivity contribution in [3.8, 4) is 16.9 Å². The first-order valence-electron chi connectivity index (χ1n) is 4.69. The van der Waals surface area contributed by atoms with E-state index in [9.17, 15) is 5.11 Å². The highest BCUT2D eigenvalue weighted by molar-refractivity contribution is 5.73. The Hall–Kier alpha value is -2.03. The van der Waals surface area contributed by atoms with E-state index in [1.54, 1.807) is 18.3 Å². The SMILES string of the molecule is Cc1ncc(N)cc1-c1ccccc1O. The molecule has 0 spiro atoms. The summed E-state index contributed by atoms with van der Waals surface area (Å²) >= 11 is 0. The van der Waals surface area contributed by atoms with E-state index in [2.05, 4.69) is 4.98 Å². The molecule has 3 heteroatoms. The number of phenols is 1. The van der Waals surface area contributed by atoms with E-state index >= 15 is 0 Å². The minimum atomic E-state index is 0.244. The molecule has 3 N–H and O–H groups in total. The normalized spacial score (nSPS) is 10.2. The second-order valence-corrected chi connectivity index (χ2v) is 3.42.